The van der Waals surface area contributed by atoms with Gasteiger partial charge in [-0.05, 0) is 12.1 Å². The van der Waals surface area contributed by atoms with E-state index in [9.17, 15) is 4.79 Å². The van der Waals surface area contributed by atoms with Gasteiger partial charge in [-0.25, -0.2) is 4.79 Å². The van der Waals surface area contributed by atoms with E-state index >= 15 is 0 Å². The summed E-state index contributed by atoms with van der Waals surface area (Å²) in [5.74, 6) is 0.231. The highest BCUT2D eigenvalue weighted by molar-refractivity contribution is 7.13. The van der Waals surface area contributed by atoms with Gasteiger partial charge in [0.15, 0.2) is 0 Å². The Kier molecular flexibility index (Phi) is 2.47. The van der Waals surface area contributed by atoms with Crippen LogP contribution in [-0.2, 0) is 4.74 Å². The van der Waals surface area contributed by atoms with Gasteiger partial charge in [0.25, 0.3) is 0 Å². The molecule has 78 valence electrons. The van der Waals surface area contributed by atoms with E-state index in [1.165, 1.54) is 18.4 Å². The van der Waals surface area contributed by atoms with Gasteiger partial charge < -0.3 is 14.9 Å². The third-order valence-electron chi connectivity index (χ3n) is 1.99. The molecule has 0 aliphatic carbocycles. The number of nitrogens with two attached hydrogens (primary N) is 1. The summed E-state index contributed by atoms with van der Waals surface area (Å²) in [4.78, 5) is 11.7. The highest BCUT2D eigenvalue weighted by Crippen LogP contribution is 2.34. The SMILES string of the molecule is COC(=O)c1scc(-c2ccco2)c1N. The lowest BCUT2D eigenvalue weighted by Gasteiger charge is -1.98. The zero-order valence-electron chi connectivity index (χ0n) is 8.02. The Morgan fingerprint density at radius 1 is 1.60 bits per heavy atom. The van der Waals surface area contributed by atoms with Crippen molar-refractivity contribution in [2.45, 2.75) is 0 Å². The van der Waals surface area contributed by atoms with Crippen molar-refractivity contribution >= 4 is 23.0 Å². The van der Waals surface area contributed by atoms with Crippen LogP contribution in [-0.4, -0.2) is 13.1 Å². The van der Waals surface area contributed by atoms with Crippen molar-refractivity contribution in [1.29, 1.82) is 0 Å². The van der Waals surface area contributed by atoms with Crippen molar-refractivity contribution in [2.24, 2.45) is 0 Å². The fourth-order valence-corrected chi connectivity index (χ4v) is 2.14. The number of anilines is 1. The van der Waals surface area contributed by atoms with Crippen molar-refractivity contribution in [3.63, 3.8) is 0 Å². The van der Waals surface area contributed by atoms with E-state index < -0.39 is 5.97 Å². The lowest BCUT2D eigenvalue weighted by atomic mass is 10.2. The molecule has 0 bridgehead atoms. The maximum absolute atomic E-state index is 11.3. The Morgan fingerprint density at radius 2 is 2.40 bits per heavy atom. The molecule has 0 unspecified atom stereocenters. The Balaban J connectivity index is 2.45. The first-order valence-electron chi connectivity index (χ1n) is 4.23. The smallest absolute Gasteiger partial charge is 0.350 e. The molecule has 0 amide bonds. The fourth-order valence-electron chi connectivity index (χ4n) is 1.24. The Bertz CT molecular complexity index is 473. The molecule has 0 aliphatic rings. The standard InChI is InChI=1S/C10H9NO3S/c1-13-10(12)9-8(11)6(5-15-9)7-3-2-4-14-7/h2-5H,11H2,1H3. The number of ether oxygens (including phenoxy) is 1. The molecule has 2 heterocycles. The molecule has 4 nitrogen and oxygen atoms in total. The van der Waals surface area contributed by atoms with Crippen molar-refractivity contribution < 1.29 is 13.9 Å². The third kappa shape index (κ3) is 1.61. The maximum Gasteiger partial charge on any atom is 0.350 e. The molecule has 0 saturated carbocycles. The summed E-state index contributed by atoms with van der Waals surface area (Å²) < 4.78 is 9.81. The zero-order chi connectivity index (χ0) is 10.8. The van der Waals surface area contributed by atoms with Crippen LogP contribution in [0.15, 0.2) is 28.2 Å². The van der Waals surface area contributed by atoms with Gasteiger partial charge in [-0.15, -0.1) is 11.3 Å². The van der Waals surface area contributed by atoms with Crippen LogP contribution in [0.5, 0.6) is 0 Å². The summed E-state index contributed by atoms with van der Waals surface area (Å²) in [7, 11) is 1.33. The first-order valence-corrected chi connectivity index (χ1v) is 5.11. The van der Waals surface area contributed by atoms with E-state index in [4.69, 9.17) is 10.2 Å². The number of thiophene rings is 1. The van der Waals surface area contributed by atoms with Gasteiger partial charge in [0.2, 0.25) is 0 Å². The second kappa shape index (κ2) is 3.78. The summed E-state index contributed by atoms with van der Waals surface area (Å²) in [5.41, 5.74) is 6.95. The summed E-state index contributed by atoms with van der Waals surface area (Å²) >= 11 is 1.25. The summed E-state index contributed by atoms with van der Waals surface area (Å²) in [5, 5.41) is 1.78. The summed E-state index contributed by atoms with van der Waals surface area (Å²) in [6.45, 7) is 0. The van der Waals surface area contributed by atoms with E-state index in [0.717, 1.165) is 5.56 Å². The van der Waals surface area contributed by atoms with E-state index in [1.807, 2.05) is 0 Å². The van der Waals surface area contributed by atoms with Gasteiger partial charge >= 0.3 is 5.97 Å². The van der Waals surface area contributed by atoms with E-state index in [1.54, 1.807) is 23.8 Å². The number of hydrogen-bond donors (Lipinski definition) is 1. The van der Waals surface area contributed by atoms with Gasteiger partial charge in [-0.1, -0.05) is 0 Å². The van der Waals surface area contributed by atoms with Gasteiger partial charge in [0.1, 0.15) is 10.6 Å². The van der Waals surface area contributed by atoms with Crippen LogP contribution in [0.1, 0.15) is 9.67 Å². The number of rotatable bonds is 2. The number of carbonyl (C=O) groups excluding carboxylic acids is 1. The molecule has 0 aliphatic heterocycles. The molecule has 0 saturated heterocycles. The van der Waals surface area contributed by atoms with Gasteiger partial charge in [0.05, 0.1) is 24.6 Å². The van der Waals surface area contributed by atoms with Gasteiger partial charge in [-0.2, -0.15) is 0 Å². The number of nitrogen functional groups attached to an aromatic ring is 1. The topological polar surface area (TPSA) is 65.5 Å². The second-order valence-electron chi connectivity index (χ2n) is 2.86. The number of methoxy groups -OCH3 is 1. The highest BCUT2D eigenvalue weighted by atomic mass is 32.1. The monoisotopic (exact) mass is 223 g/mol. The number of carbonyl (C=O) groups is 1. The van der Waals surface area contributed by atoms with Crippen LogP contribution in [0.4, 0.5) is 5.69 Å². The van der Waals surface area contributed by atoms with E-state index in [0.29, 0.717) is 16.3 Å². The van der Waals surface area contributed by atoms with E-state index in [2.05, 4.69) is 4.74 Å². The van der Waals surface area contributed by atoms with Gasteiger partial charge in [0, 0.05) is 5.38 Å². The lowest BCUT2D eigenvalue weighted by Crippen LogP contribution is -2.01. The number of hydrogen-bond acceptors (Lipinski definition) is 5. The van der Waals surface area contributed by atoms with Crippen LogP contribution in [0.25, 0.3) is 11.3 Å². The number of furan rings is 1. The van der Waals surface area contributed by atoms with E-state index in [-0.39, 0.29) is 0 Å². The molecule has 5 heteroatoms. The molecule has 0 fully saturated rings. The summed E-state index contributed by atoms with van der Waals surface area (Å²) in [6, 6.07) is 3.56. The summed E-state index contributed by atoms with van der Waals surface area (Å²) in [6.07, 6.45) is 1.56. The Labute approximate surface area is 90.3 Å². The molecule has 2 rings (SSSR count). The molecule has 0 atom stereocenters. The minimum absolute atomic E-state index is 0.404. The van der Waals surface area contributed by atoms with Crippen LogP contribution in [0.3, 0.4) is 0 Å². The first-order chi connectivity index (χ1) is 7.24. The zero-order valence-corrected chi connectivity index (χ0v) is 8.84. The van der Waals surface area contributed by atoms with Crippen molar-refractivity contribution in [2.75, 3.05) is 12.8 Å². The van der Waals surface area contributed by atoms with Crippen LogP contribution >= 0.6 is 11.3 Å². The molecule has 0 aromatic carbocycles. The minimum Gasteiger partial charge on any atom is -0.465 e. The molecular weight excluding hydrogens is 214 g/mol. The molecule has 2 N–H and O–H groups in total. The largest absolute Gasteiger partial charge is 0.465 e. The van der Waals surface area contributed by atoms with Crippen LogP contribution in [0.2, 0.25) is 0 Å². The highest BCUT2D eigenvalue weighted by Gasteiger charge is 2.18. The maximum atomic E-state index is 11.3. The van der Waals surface area contributed by atoms with Crippen molar-refractivity contribution in [3.05, 3.63) is 28.7 Å². The first kappa shape index (κ1) is 9.79. The molecule has 2 aromatic heterocycles. The Morgan fingerprint density at radius 3 is 3.00 bits per heavy atom. The normalized spacial score (nSPS) is 10.2. The van der Waals surface area contributed by atoms with Crippen molar-refractivity contribution in [1.82, 2.24) is 0 Å². The molecule has 0 radical (unpaired) electrons. The van der Waals surface area contributed by atoms with Crippen molar-refractivity contribution in [3.8, 4) is 11.3 Å². The van der Waals surface area contributed by atoms with Crippen LogP contribution < -0.4 is 5.73 Å². The average molecular weight is 223 g/mol. The molecule has 2 aromatic rings. The minimum atomic E-state index is -0.421. The predicted octanol–water partition coefficient (Wildman–Crippen LogP) is 2.38. The molecule has 15 heavy (non-hydrogen) atoms. The van der Waals surface area contributed by atoms with Crippen LogP contribution in [0, 0.1) is 0 Å². The molecular formula is C10H9NO3S. The second-order valence-corrected chi connectivity index (χ2v) is 3.74. The quantitative estimate of drug-likeness (QED) is 0.794. The lowest BCUT2D eigenvalue weighted by molar-refractivity contribution is 0.0607. The average Bonchev–Trinajstić information content (AvgIpc) is 2.85. The fraction of sp³-hybridized carbons (Fsp3) is 0.100. The van der Waals surface area contributed by atoms with Gasteiger partial charge in [-0.3, -0.25) is 0 Å². The predicted molar refractivity (Wildman–Crippen MR) is 57.8 cm³/mol. The molecule has 0 spiro atoms. The Hall–Kier alpha value is -1.75. The third-order valence-corrected chi connectivity index (χ3v) is 2.96. The number of esters is 1.